The fourth-order valence-corrected chi connectivity index (χ4v) is 6.67. The molecule has 1 fully saturated rings. The Kier molecular flexibility index (Phi) is 7.34. The van der Waals surface area contributed by atoms with Gasteiger partial charge in [0.15, 0.2) is 0 Å². The van der Waals surface area contributed by atoms with Crippen LogP contribution in [-0.2, 0) is 14.8 Å². The number of H-pyrrole nitrogens is 1. The molecule has 0 radical (unpaired) electrons. The number of hydrogen-bond acceptors (Lipinski definition) is 6. The average Bonchev–Trinajstić information content (AvgIpc) is 3.27. The highest BCUT2D eigenvalue weighted by Gasteiger charge is 2.36. The SMILES string of the molecule is Cc1cc(OC[C@@H]2CN(S(=O)(=O)c3c(C(N)=O)[nH]c4ccc(Cl)cc34)CCO2)ccc1-c1ccnc(Cl)c1. The van der Waals surface area contributed by atoms with E-state index in [4.69, 9.17) is 38.4 Å². The van der Waals surface area contributed by atoms with Crippen LogP contribution < -0.4 is 10.5 Å². The predicted molar refractivity (Wildman–Crippen MR) is 145 cm³/mol. The summed E-state index contributed by atoms with van der Waals surface area (Å²) in [7, 11) is -4.11. The molecule has 1 aliphatic heterocycles. The molecule has 1 atom stereocenters. The van der Waals surface area contributed by atoms with Gasteiger partial charge in [-0.3, -0.25) is 4.79 Å². The molecular weight excluding hydrogens is 551 g/mol. The minimum absolute atomic E-state index is 0.0420. The van der Waals surface area contributed by atoms with Crippen LogP contribution in [0.4, 0.5) is 0 Å². The van der Waals surface area contributed by atoms with Gasteiger partial charge in [-0.15, -0.1) is 0 Å². The van der Waals surface area contributed by atoms with Crippen molar-refractivity contribution < 1.29 is 22.7 Å². The number of aryl methyl sites for hydroxylation is 1. The zero-order chi connectivity index (χ0) is 27.0. The Balaban J connectivity index is 1.33. The molecule has 0 saturated carbocycles. The maximum Gasteiger partial charge on any atom is 0.266 e. The molecule has 0 aliphatic carbocycles. The lowest BCUT2D eigenvalue weighted by Gasteiger charge is -2.32. The van der Waals surface area contributed by atoms with Crippen LogP contribution in [0.2, 0.25) is 10.2 Å². The molecule has 0 bridgehead atoms. The van der Waals surface area contributed by atoms with E-state index in [-0.39, 0.29) is 36.9 Å². The van der Waals surface area contributed by atoms with E-state index in [0.717, 1.165) is 16.7 Å². The van der Waals surface area contributed by atoms with Crippen LogP contribution in [0.15, 0.2) is 59.6 Å². The van der Waals surface area contributed by atoms with Crippen LogP contribution in [-0.4, -0.2) is 61.0 Å². The predicted octanol–water partition coefficient (Wildman–Crippen LogP) is 4.41. The van der Waals surface area contributed by atoms with E-state index in [1.807, 2.05) is 31.2 Å². The van der Waals surface area contributed by atoms with Gasteiger partial charge in [-0.05, 0) is 66.1 Å². The minimum atomic E-state index is -4.11. The van der Waals surface area contributed by atoms with Gasteiger partial charge in [0, 0.05) is 35.2 Å². The molecular formula is C26H24Cl2N4O5S. The number of carbonyl (C=O) groups is 1. The molecule has 0 spiro atoms. The number of rotatable bonds is 7. The molecule has 3 heterocycles. The molecule has 1 aliphatic rings. The summed E-state index contributed by atoms with van der Waals surface area (Å²) in [5.41, 5.74) is 8.69. The second-order valence-corrected chi connectivity index (χ2v) is 11.6. The van der Waals surface area contributed by atoms with E-state index in [1.165, 1.54) is 10.4 Å². The molecule has 9 nitrogen and oxygen atoms in total. The van der Waals surface area contributed by atoms with Crippen molar-refractivity contribution in [3.63, 3.8) is 0 Å². The third-order valence-electron chi connectivity index (χ3n) is 6.33. The zero-order valence-corrected chi connectivity index (χ0v) is 22.6. The summed E-state index contributed by atoms with van der Waals surface area (Å²) in [6.07, 6.45) is 1.13. The van der Waals surface area contributed by atoms with Crippen LogP contribution in [0.25, 0.3) is 22.0 Å². The second-order valence-electron chi connectivity index (χ2n) is 8.89. The van der Waals surface area contributed by atoms with Gasteiger partial charge in [-0.1, -0.05) is 29.3 Å². The third-order valence-corrected chi connectivity index (χ3v) is 8.72. The lowest BCUT2D eigenvalue weighted by molar-refractivity contribution is -0.0249. The van der Waals surface area contributed by atoms with E-state index >= 15 is 0 Å². The lowest BCUT2D eigenvalue weighted by atomic mass is 10.0. The topological polar surface area (TPSA) is 128 Å². The molecule has 0 unspecified atom stereocenters. The Hall–Kier alpha value is -3.15. The maximum atomic E-state index is 13.7. The number of hydrogen-bond donors (Lipinski definition) is 2. The standard InChI is InChI=1S/C26H24Cl2N4O5S/c1-15-10-18(3-4-20(15)16-6-7-30-23(28)11-16)37-14-19-13-32(8-9-36-19)38(34,35)25-21-12-17(27)2-5-22(21)31-24(25)26(29)33/h2-7,10-12,19,31H,8-9,13-14H2,1H3,(H2,29,33)/t19-/m0/s1. The number of primary amides is 1. The van der Waals surface area contributed by atoms with Crippen LogP contribution in [0.1, 0.15) is 16.1 Å². The molecule has 12 heteroatoms. The molecule has 198 valence electrons. The fraction of sp³-hybridized carbons (Fsp3) is 0.231. The monoisotopic (exact) mass is 574 g/mol. The smallest absolute Gasteiger partial charge is 0.266 e. The Labute approximate surface area is 229 Å². The van der Waals surface area contributed by atoms with Gasteiger partial charge in [-0.25, -0.2) is 13.4 Å². The number of nitrogens with one attached hydrogen (secondary N) is 1. The van der Waals surface area contributed by atoms with E-state index in [2.05, 4.69) is 9.97 Å². The third kappa shape index (κ3) is 5.23. The molecule has 2 aromatic carbocycles. The summed E-state index contributed by atoms with van der Waals surface area (Å²) in [5.74, 6) is -0.255. The number of benzene rings is 2. The quantitative estimate of drug-likeness (QED) is 0.314. The number of nitrogens with zero attached hydrogens (tertiary/aromatic N) is 2. The van der Waals surface area contributed by atoms with Gasteiger partial charge in [0.1, 0.15) is 34.2 Å². The molecule has 38 heavy (non-hydrogen) atoms. The summed E-state index contributed by atoms with van der Waals surface area (Å²) in [5, 5.41) is 1.05. The summed E-state index contributed by atoms with van der Waals surface area (Å²) >= 11 is 12.1. The van der Waals surface area contributed by atoms with Crippen molar-refractivity contribution in [1.29, 1.82) is 0 Å². The normalized spacial score (nSPS) is 16.6. The number of nitrogens with two attached hydrogens (primary N) is 1. The number of fused-ring (bicyclic) bond motifs is 1. The number of halogens is 2. The van der Waals surface area contributed by atoms with E-state index in [0.29, 0.717) is 26.8 Å². The number of pyridine rings is 1. The van der Waals surface area contributed by atoms with Crippen LogP contribution in [0, 0.1) is 6.92 Å². The Morgan fingerprint density at radius 1 is 1.21 bits per heavy atom. The number of sulfonamides is 1. The first-order valence-electron chi connectivity index (χ1n) is 11.7. The number of ether oxygens (including phenoxy) is 2. The Morgan fingerprint density at radius 2 is 2.03 bits per heavy atom. The fourth-order valence-electron chi connectivity index (χ4n) is 4.53. The van der Waals surface area contributed by atoms with Crippen molar-refractivity contribution in [1.82, 2.24) is 14.3 Å². The highest BCUT2D eigenvalue weighted by atomic mass is 35.5. The number of aromatic nitrogens is 2. The van der Waals surface area contributed by atoms with E-state index in [1.54, 1.807) is 24.4 Å². The van der Waals surface area contributed by atoms with Crippen molar-refractivity contribution in [3.05, 3.63) is 76.2 Å². The van der Waals surface area contributed by atoms with Crippen LogP contribution in [0.5, 0.6) is 5.75 Å². The van der Waals surface area contributed by atoms with E-state index in [9.17, 15) is 13.2 Å². The van der Waals surface area contributed by atoms with E-state index < -0.39 is 22.0 Å². The maximum absolute atomic E-state index is 13.7. The van der Waals surface area contributed by atoms with Crippen molar-refractivity contribution >= 4 is 50.0 Å². The van der Waals surface area contributed by atoms with Crippen molar-refractivity contribution in [3.8, 4) is 16.9 Å². The summed E-state index contributed by atoms with van der Waals surface area (Å²) in [6.45, 7) is 2.43. The largest absolute Gasteiger partial charge is 0.491 e. The van der Waals surface area contributed by atoms with Crippen molar-refractivity contribution in [2.75, 3.05) is 26.3 Å². The average molecular weight is 575 g/mol. The van der Waals surface area contributed by atoms with Gasteiger partial charge >= 0.3 is 0 Å². The van der Waals surface area contributed by atoms with Crippen molar-refractivity contribution in [2.45, 2.75) is 17.9 Å². The number of morpholine rings is 1. The van der Waals surface area contributed by atoms with Gasteiger partial charge in [0.05, 0.1) is 6.61 Å². The van der Waals surface area contributed by atoms with Gasteiger partial charge in [-0.2, -0.15) is 4.31 Å². The first-order chi connectivity index (χ1) is 18.1. The second kappa shape index (κ2) is 10.5. The van der Waals surface area contributed by atoms with Gasteiger partial charge in [0.2, 0.25) is 10.0 Å². The Bertz CT molecular complexity index is 1640. The Morgan fingerprint density at radius 3 is 2.76 bits per heavy atom. The number of amides is 1. The summed E-state index contributed by atoms with van der Waals surface area (Å²) in [4.78, 5) is 18.7. The summed E-state index contributed by atoms with van der Waals surface area (Å²) < 4.78 is 40.4. The summed E-state index contributed by atoms with van der Waals surface area (Å²) in [6, 6.07) is 14.0. The molecule has 1 saturated heterocycles. The van der Waals surface area contributed by atoms with Gasteiger partial charge < -0.3 is 20.2 Å². The molecule has 3 N–H and O–H groups in total. The van der Waals surface area contributed by atoms with Crippen molar-refractivity contribution in [2.24, 2.45) is 5.73 Å². The van der Waals surface area contributed by atoms with Crippen LogP contribution >= 0.6 is 23.2 Å². The molecule has 4 aromatic rings. The zero-order valence-electron chi connectivity index (χ0n) is 20.3. The van der Waals surface area contributed by atoms with Gasteiger partial charge in [0.25, 0.3) is 5.91 Å². The van der Waals surface area contributed by atoms with Crippen LogP contribution in [0.3, 0.4) is 0 Å². The molecule has 1 amide bonds. The minimum Gasteiger partial charge on any atom is -0.491 e. The number of carbonyl (C=O) groups excluding carboxylic acids is 1. The lowest BCUT2D eigenvalue weighted by Crippen LogP contribution is -2.47. The molecule has 5 rings (SSSR count). The number of aromatic amines is 1. The highest BCUT2D eigenvalue weighted by molar-refractivity contribution is 7.89. The first kappa shape index (κ1) is 26.5. The molecule has 2 aromatic heterocycles. The highest BCUT2D eigenvalue weighted by Crippen LogP contribution is 2.33. The first-order valence-corrected chi connectivity index (χ1v) is 13.9.